The molecule has 0 bridgehead atoms. The summed E-state index contributed by atoms with van der Waals surface area (Å²) in [5.74, 6) is 0.382. The molecule has 0 amide bonds. The Morgan fingerprint density at radius 3 is 2.78 bits per heavy atom. The molecular weight excluding hydrogens is 530 g/mol. The molecule has 2 aromatic rings. The zero-order valence-corrected chi connectivity index (χ0v) is 18.9. The van der Waals surface area contributed by atoms with Crippen LogP contribution in [-0.4, -0.2) is 35.1 Å². The fraction of sp³-hybridized carbons (Fsp3) is 0.267. The van der Waals surface area contributed by atoms with Crippen LogP contribution in [-0.2, 0) is 11.0 Å². The smallest absolute Gasteiger partial charge is 0.277 e. The molecule has 0 spiro atoms. The van der Waals surface area contributed by atoms with Gasteiger partial charge in [-0.1, -0.05) is 23.7 Å². The van der Waals surface area contributed by atoms with E-state index in [0.717, 1.165) is 0 Å². The standard InChI is InChI=1S/C15H16ClF2IN5OPS/c1-23(27(2)25)10-6-4-3-5-8(10)20-9-7-11(16)21-14-12(9)22-15(13(17)18)24(14)26-19/h3-7,13,15,22,26H,1-2H3,(H,20,21). The van der Waals surface area contributed by atoms with Gasteiger partial charge in [0.2, 0.25) is 0 Å². The van der Waals surface area contributed by atoms with Gasteiger partial charge in [-0.05, 0) is 34.2 Å². The third-order valence-corrected chi connectivity index (χ3v) is 7.39. The van der Waals surface area contributed by atoms with E-state index in [2.05, 4.69) is 15.6 Å². The minimum Gasteiger partial charge on any atom is -0.356 e. The molecule has 1 aliphatic heterocycles. The summed E-state index contributed by atoms with van der Waals surface area (Å²) < 4.78 is 41.8. The van der Waals surface area contributed by atoms with Gasteiger partial charge in [0, 0.05) is 25.7 Å². The largest absolute Gasteiger partial charge is 0.356 e. The second-order valence-corrected chi connectivity index (χ2v) is 9.51. The van der Waals surface area contributed by atoms with Crippen LogP contribution in [0.3, 0.4) is 0 Å². The van der Waals surface area contributed by atoms with Crippen molar-refractivity contribution in [1.29, 1.82) is 0 Å². The lowest BCUT2D eigenvalue weighted by Crippen LogP contribution is -2.35. The van der Waals surface area contributed by atoms with Gasteiger partial charge in [0.1, 0.15) is 21.8 Å². The molecule has 27 heavy (non-hydrogen) atoms. The molecule has 3 atom stereocenters. The first-order valence-electron chi connectivity index (χ1n) is 7.67. The van der Waals surface area contributed by atoms with E-state index < -0.39 is 23.6 Å². The fourth-order valence-electron chi connectivity index (χ4n) is 2.67. The van der Waals surface area contributed by atoms with Gasteiger partial charge in [0.05, 0.1) is 17.1 Å². The normalized spacial score (nSPS) is 17.3. The van der Waals surface area contributed by atoms with E-state index in [1.165, 1.54) is 4.67 Å². The number of alkyl halides is 2. The van der Waals surface area contributed by atoms with Crippen LogP contribution in [0.5, 0.6) is 0 Å². The van der Waals surface area contributed by atoms with E-state index in [9.17, 15) is 13.0 Å². The zero-order chi connectivity index (χ0) is 19.7. The van der Waals surface area contributed by atoms with E-state index in [-0.39, 0.29) is 11.5 Å². The van der Waals surface area contributed by atoms with E-state index in [4.69, 9.17) is 11.6 Å². The van der Waals surface area contributed by atoms with Gasteiger partial charge in [-0.2, -0.15) is 0 Å². The van der Waals surface area contributed by atoms with Crippen LogP contribution in [0.1, 0.15) is 0 Å². The maximum atomic E-state index is 13.4. The highest BCUT2D eigenvalue weighted by Gasteiger charge is 2.38. The summed E-state index contributed by atoms with van der Waals surface area (Å²) in [5, 5.41) is 6.26. The van der Waals surface area contributed by atoms with Crippen LogP contribution in [0, 0.1) is 0 Å². The van der Waals surface area contributed by atoms with E-state index >= 15 is 0 Å². The van der Waals surface area contributed by atoms with Crippen molar-refractivity contribution < 1.29 is 13.0 Å². The Balaban J connectivity index is 2.03. The maximum Gasteiger partial charge on any atom is 0.277 e. The number of nitrogens with one attached hydrogen (secondary N) is 2. The Kier molecular flexibility index (Phi) is 6.60. The van der Waals surface area contributed by atoms with Crippen molar-refractivity contribution >= 4 is 79.6 Å². The molecule has 0 saturated heterocycles. The summed E-state index contributed by atoms with van der Waals surface area (Å²) in [4.78, 5) is 4.23. The lowest BCUT2D eigenvalue weighted by molar-refractivity contribution is 0.130. The van der Waals surface area contributed by atoms with Gasteiger partial charge >= 0.3 is 0 Å². The van der Waals surface area contributed by atoms with E-state index in [1.54, 1.807) is 23.7 Å². The molecule has 1 aromatic carbocycles. The lowest BCUT2D eigenvalue weighted by Gasteiger charge is -2.22. The molecule has 146 valence electrons. The predicted molar refractivity (Wildman–Crippen MR) is 120 cm³/mol. The second-order valence-electron chi connectivity index (χ2n) is 5.63. The van der Waals surface area contributed by atoms with E-state index in [0.29, 0.717) is 28.6 Å². The number of benzene rings is 1. The Bertz CT molecular complexity index is 880. The van der Waals surface area contributed by atoms with Crippen molar-refractivity contribution in [3.63, 3.8) is 0 Å². The van der Waals surface area contributed by atoms with Crippen molar-refractivity contribution in [2.75, 3.05) is 32.9 Å². The molecule has 2 heterocycles. The molecule has 1 aliphatic rings. The fourth-order valence-corrected chi connectivity index (χ4v) is 5.40. The summed E-state index contributed by atoms with van der Waals surface area (Å²) in [6.07, 6.45) is -2.11. The zero-order valence-electron chi connectivity index (χ0n) is 14.2. The molecule has 2 N–H and O–H groups in total. The van der Waals surface area contributed by atoms with Crippen molar-refractivity contribution in [2.45, 2.75) is 12.6 Å². The number of rotatable bonds is 6. The van der Waals surface area contributed by atoms with Crippen molar-refractivity contribution in [3.8, 4) is 0 Å². The summed E-state index contributed by atoms with van der Waals surface area (Å²) >= 11 is 8.19. The number of nitrogens with zero attached hydrogens (tertiary/aromatic N) is 3. The van der Waals surface area contributed by atoms with Crippen molar-refractivity contribution in [3.05, 3.63) is 35.5 Å². The molecule has 1 aromatic heterocycles. The van der Waals surface area contributed by atoms with Crippen molar-refractivity contribution in [1.82, 2.24) is 4.98 Å². The Labute approximate surface area is 178 Å². The minimum atomic E-state index is -2.59. The average Bonchev–Trinajstić information content (AvgIpc) is 3.00. The van der Waals surface area contributed by atoms with Crippen LogP contribution >= 0.6 is 40.0 Å². The monoisotopic (exact) mass is 545 g/mol. The van der Waals surface area contributed by atoms with Crippen LogP contribution in [0.25, 0.3) is 0 Å². The molecule has 0 aliphatic carbocycles. The third kappa shape index (κ3) is 4.23. The van der Waals surface area contributed by atoms with Crippen molar-refractivity contribution in [2.24, 2.45) is 0 Å². The number of halogens is 4. The van der Waals surface area contributed by atoms with Gasteiger partial charge in [-0.3, -0.25) is 4.31 Å². The molecule has 0 fully saturated rings. The molecule has 12 heteroatoms. The van der Waals surface area contributed by atoms with Gasteiger partial charge in [-0.25, -0.2) is 18.0 Å². The van der Waals surface area contributed by atoms with Gasteiger partial charge < -0.3 is 15.3 Å². The topological polar surface area (TPSA) is 60.5 Å². The quantitative estimate of drug-likeness (QED) is 0.305. The lowest BCUT2D eigenvalue weighted by atomic mass is 10.2. The first kappa shape index (κ1) is 20.8. The van der Waals surface area contributed by atoms with E-state index in [1.807, 2.05) is 46.3 Å². The van der Waals surface area contributed by atoms with Crippen LogP contribution in [0.4, 0.5) is 37.3 Å². The number of aromatic nitrogens is 1. The first-order chi connectivity index (χ1) is 12.8. The molecule has 3 rings (SSSR count). The maximum absolute atomic E-state index is 13.4. The van der Waals surface area contributed by atoms with Gasteiger partial charge in [0.25, 0.3) is 6.43 Å². The van der Waals surface area contributed by atoms with Crippen LogP contribution in [0.2, 0.25) is 5.15 Å². The van der Waals surface area contributed by atoms with Gasteiger partial charge in [-0.15, -0.1) is 0 Å². The Hall–Kier alpha value is -0.970. The highest BCUT2D eigenvalue weighted by atomic mass is 127. The Morgan fingerprint density at radius 1 is 1.44 bits per heavy atom. The number of fused-ring (bicyclic) bond motifs is 1. The second kappa shape index (κ2) is 8.59. The summed E-state index contributed by atoms with van der Waals surface area (Å²) in [7, 11) is 0.493. The number of hydrogen-bond acceptors (Lipinski definition) is 5. The minimum absolute atomic E-state index is 0.0659. The molecule has 0 radical (unpaired) electrons. The molecule has 6 nitrogen and oxygen atoms in total. The number of para-hydroxylation sites is 2. The molecule has 0 saturated carbocycles. The highest BCUT2D eigenvalue weighted by molar-refractivity contribution is 14.2. The molecule has 3 unspecified atom stereocenters. The Morgan fingerprint density at radius 2 is 2.15 bits per heavy atom. The summed E-state index contributed by atoms with van der Waals surface area (Å²) in [6.45, 7) is 0. The number of hydrogen-bond donors (Lipinski definition) is 2. The predicted octanol–water partition coefficient (Wildman–Crippen LogP) is 4.97. The average molecular weight is 546 g/mol. The number of pyridine rings is 1. The van der Waals surface area contributed by atoms with Crippen LogP contribution in [0.15, 0.2) is 30.3 Å². The van der Waals surface area contributed by atoms with Crippen LogP contribution < -0.4 is 19.6 Å². The molecular formula is C15H16ClF2IN5OPS. The third-order valence-electron chi connectivity index (χ3n) is 4.00. The SMILES string of the molecule is CN(c1ccccc1Nc1cc(Cl)nc2c1NC(C(F)F)N2PI)S(C)=O. The van der Waals surface area contributed by atoms with Gasteiger partial charge in [0.15, 0.2) is 12.0 Å². The summed E-state index contributed by atoms with van der Waals surface area (Å²) in [6, 6.07) is 8.87. The highest BCUT2D eigenvalue weighted by Crippen LogP contribution is 2.49. The number of anilines is 5. The summed E-state index contributed by atoms with van der Waals surface area (Å²) in [5.41, 5.74) is 2.36. The first-order valence-corrected chi connectivity index (χ1v) is 13.6.